The van der Waals surface area contributed by atoms with Crippen molar-refractivity contribution in [2.75, 3.05) is 11.9 Å². The Bertz CT molecular complexity index is 1930. The highest BCUT2D eigenvalue weighted by Gasteiger charge is 2.22. The van der Waals surface area contributed by atoms with Crippen molar-refractivity contribution in [3.63, 3.8) is 0 Å². The highest BCUT2D eigenvalue weighted by molar-refractivity contribution is 6.31. The van der Waals surface area contributed by atoms with Crippen molar-refractivity contribution in [3.8, 4) is 17.2 Å². The molecule has 2 heterocycles. The molecule has 0 radical (unpaired) electrons. The highest BCUT2D eigenvalue weighted by Crippen LogP contribution is 2.34. The molecule has 47 heavy (non-hydrogen) atoms. The number of aromatic nitrogens is 1. The molecule has 2 amide bonds. The lowest BCUT2D eigenvalue weighted by molar-refractivity contribution is -0.385. The number of amides is 2. The topological polar surface area (TPSA) is 150 Å². The van der Waals surface area contributed by atoms with Crippen LogP contribution in [0.25, 0.3) is 5.69 Å². The van der Waals surface area contributed by atoms with Gasteiger partial charge in [-0.1, -0.05) is 29.3 Å². The van der Waals surface area contributed by atoms with Crippen LogP contribution in [0.5, 0.6) is 11.5 Å². The zero-order valence-electron chi connectivity index (χ0n) is 25.7. The van der Waals surface area contributed by atoms with Crippen molar-refractivity contribution in [1.29, 1.82) is 0 Å². The van der Waals surface area contributed by atoms with Crippen LogP contribution in [0, 0.1) is 30.9 Å². The number of benzene rings is 3. The Morgan fingerprint density at radius 1 is 0.957 bits per heavy atom. The first-order chi connectivity index (χ1) is 22.6. The molecule has 0 saturated carbocycles. The molecule has 12 nitrogen and oxygen atoms in total. The van der Waals surface area contributed by atoms with Crippen molar-refractivity contribution in [2.24, 2.45) is 5.10 Å². The summed E-state index contributed by atoms with van der Waals surface area (Å²) in [7, 11) is 0. The molecule has 0 aliphatic rings. The van der Waals surface area contributed by atoms with Gasteiger partial charge in [-0.25, -0.2) is 5.43 Å². The summed E-state index contributed by atoms with van der Waals surface area (Å²) in [5, 5.41) is 18.3. The van der Waals surface area contributed by atoms with Gasteiger partial charge in [0, 0.05) is 39.4 Å². The largest absolute Gasteiger partial charge is 0.486 e. The summed E-state index contributed by atoms with van der Waals surface area (Å²) in [4.78, 5) is 36.2. The minimum absolute atomic E-state index is 0.0289. The Hall–Kier alpha value is -5.88. The quantitative estimate of drug-likeness (QED) is 0.0841. The lowest BCUT2D eigenvalue weighted by atomic mass is 10.2. The molecule has 2 N–H and O–H groups in total. The van der Waals surface area contributed by atoms with E-state index in [1.54, 1.807) is 18.2 Å². The third-order valence-electron chi connectivity index (χ3n) is 6.94. The third-order valence-corrected chi connectivity index (χ3v) is 7.16. The van der Waals surface area contributed by atoms with E-state index in [0.29, 0.717) is 17.2 Å². The van der Waals surface area contributed by atoms with Crippen LogP contribution >= 0.6 is 11.6 Å². The lowest BCUT2D eigenvalue weighted by Crippen LogP contribution is -2.21. The SMILES string of the molecule is Cc1ccc(NC(=O)COc2c(/C=N/NC(=O)c3ccc(COc4ccc(-n5c(C)ccc5C)cc4)o3)cc(Cl)cc2[N+](=O)[O-])cc1. The number of carbonyl (C=O) groups is 2. The number of nitro groups is 1. The van der Waals surface area contributed by atoms with E-state index in [9.17, 15) is 19.7 Å². The number of nitro benzene ring substituents is 1. The van der Waals surface area contributed by atoms with Crippen molar-refractivity contribution in [2.45, 2.75) is 27.4 Å². The van der Waals surface area contributed by atoms with E-state index in [2.05, 4.69) is 32.5 Å². The first kappa shape index (κ1) is 32.5. The Labute approximate surface area is 274 Å². The van der Waals surface area contributed by atoms with E-state index < -0.39 is 29.0 Å². The van der Waals surface area contributed by atoms with Gasteiger partial charge in [0.25, 0.3) is 5.91 Å². The second-order valence-corrected chi connectivity index (χ2v) is 10.9. The van der Waals surface area contributed by atoms with Crippen LogP contribution in [-0.2, 0) is 11.4 Å². The summed E-state index contributed by atoms with van der Waals surface area (Å²) in [6.07, 6.45) is 1.12. The van der Waals surface area contributed by atoms with Gasteiger partial charge in [0.1, 0.15) is 18.1 Å². The van der Waals surface area contributed by atoms with Crippen molar-refractivity contribution in [1.82, 2.24) is 9.99 Å². The van der Waals surface area contributed by atoms with E-state index in [-0.39, 0.29) is 28.7 Å². The average Bonchev–Trinajstić information content (AvgIpc) is 3.66. The molecule has 240 valence electrons. The van der Waals surface area contributed by atoms with Crippen LogP contribution in [0.4, 0.5) is 11.4 Å². The van der Waals surface area contributed by atoms with E-state index in [1.165, 1.54) is 12.1 Å². The number of ether oxygens (including phenoxy) is 2. The van der Waals surface area contributed by atoms with Gasteiger partial charge in [0.15, 0.2) is 12.4 Å². The van der Waals surface area contributed by atoms with E-state index in [0.717, 1.165) is 34.9 Å². The van der Waals surface area contributed by atoms with Crippen LogP contribution < -0.4 is 20.2 Å². The van der Waals surface area contributed by atoms with Crippen molar-refractivity contribution >= 4 is 41.0 Å². The Balaban J connectivity index is 1.19. The maximum Gasteiger partial charge on any atom is 0.313 e. The van der Waals surface area contributed by atoms with Crippen LogP contribution in [0.2, 0.25) is 5.02 Å². The number of halogens is 1. The molecule has 0 saturated heterocycles. The summed E-state index contributed by atoms with van der Waals surface area (Å²) in [5.41, 5.74) is 6.73. The van der Waals surface area contributed by atoms with Crippen LogP contribution in [0.3, 0.4) is 0 Å². The number of hydrogen-bond donors (Lipinski definition) is 2. The average molecular weight is 656 g/mol. The number of nitrogens with zero attached hydrogens (tertiary/aromatic N) is 3. The minimum Gasteiger partial charge on any atom is -0.486 e. The zero-order valence-corrected chi connectivity index (χ0v) is 26.4. The molecule has 13 heteroatoms. The molecule has 0 aliphatic carbocycles. The monoisotopic (exact) mass is 655 g/mol. The zero-order chi connectivity index (χ0) is 33.5. The summed E-state index contributed by atoms with van der Waals surface area (Å²) < 4.78 is 19.1. The van der Waals surface area contributed by atoms with Crippen LogP contribution in [-0.4, -0.2) is 34.1 Å². The fraction of sp³-hybridized carbons (Fsp3) is 0.147. The van der Waals surface area contributed by atoms with Gasteiger partial charge in [0.2, 0.25) is 5.75 Å². The Morgan fingerprint density at radius 2 is 1.66 bits per heavy atom. The fourth-order valence-corrected chi connectivity index (χ4v) is 4.90. The summed E-state index contributed by atoms with van der Waals surface area (Å²) in [6, 6.07) is 24.4. The first-order valence-electron chi connectivity index (χ1n) is 14.3. The maximum atomic E-state index is 12.7. The van der Waals surface area contributed by atoms with Gasteiger partial charge in [-0.2, -0.15) is 5.10 Å². The molecule has 3 aromatic carbocycles. The molecule has 2 aromatic heterocycles. The highest BCUT2D eigenvalue weighted by atomic mass is 35.5. The number of rotatable bonds is 12. The summed E-state index contributed by atoms with van der Waals surface area (Å²) >= 11 is 6.09. The molecule has 0 bridgehead atoms. The van der Waals surface area contributed by atoms with Crippen LogP contribution in [0.15, 0.2) is 94.4 Å². The van der Waals surface area contributed by atoms with Gasteiger partial charge in [-0.15, -0.1) is 0 Å². The number of furan rings is 1. The summed E-state index contributed by atoms with van der Waals surface area (Å²) in [5.74, 6) is -0.455. The third kappa shape index (κ3) is 8.24. The molecule has 5 rings (SSSR count). The fourth-order valence-electron chi connectivity index (χ4n) is 4.67. The number of hydrogen-bond acceptors (Lipinski definition) is 8. The van der Waals surface area contributed by atoms with Gasteiger partial charge in [-0.05, 0) is 87.5 Å². The molecule has 0 aliphatic heterocycles. The second kappa shape index (κ2) is 14.5. The lowest BCUT2D eigenvalue weighted by Gasteiger charge is -2.11. The molecular formula is C34H30ClN5O7. The Kier molecular flexibility index (Phi) is 10.0. The van der Waals surface area contributed by atoms with E-state index in [1.807, 2.05) is 57.2 Å². The summed E-state index contributed by atoms with van der Waals surface area (Å²) in [6.45, 7) is 5.55. The Morgan fingerprint density at radius 3 is 2.34 bits per heavy atom. The maximum absolute atomic E-state index is 12.7. The van der Waals surface area contributed by atoms with Crippen molar-refractivity contribution in [3.05, 3.63) is 134 Å². The van der Waals surface area contributed by atoms with Gasteiger partial charge in [0.05, 0.1) is 11.1 Å². The minimum atomic E-state index is -0.695. The van der Waals surface area contributed by atoms with Crippen molar-refractivity contribution < 1.29 is 28.4 Å². The number of aryl methyl sites for hydroxylation is 3. The number of nitrogens with one attached hydrogen (secondary N) is 2. The molecule has 5 aromatic rings. The predicted molar refractivity (Wildman–Crippen MR) is 177 cm³/mol. The van der Waals surface area contributed by atoms with Gasteiger partial charge in [-0.3, -0.25) is 19.7 Å². The van der Waals surface area contributed by atoms with E-state index in [4.69, 9.17) is 25.5 Å². The molecule has 0 unspecified atom stereocenters. The second-order valence-electron chi connectivity index (χ2n) is 10.5. The molecule has 0 atom stereocenters. The first-order valence-corrected chi connectivity index (χ1v) is 14.7. The standard InChI is InChI=1S/C34H30ClN5O7/c1-21-4-8-26(9-5-21)37-32(41)20-46-33-24(16-25(35)17-30(33)40(43)44)18-36-38-34(42)31-15-14-29(47-31)19-45-28-12-10-27(11-13-28)39-22(2)6-7-23(39)3/h4-18H,19-20H2,1-3H3,(H,37,41)(H,38,42)/b36-18+. The van der Waals surface area contributed by atoms with Crippen LogP contribution in [0.1, 0.15) is 38.8 Å². The predicted octanol–water partition coefficient (Wildman–Crippen LogP) is 6.92. The normalized spacial score (nSPS) is 11.0. The van der Waals surface area contributed by atoms with Gasteiger partial charge < -0.3 is 23.8 Å². The number of hydrazone groups is 1. The smallest absolute Gasteiger partial charge is 0.313 e. The number of anilines is 1. The van der Waals surface area contributed by atoms with E-state index >= 15 is 0 Å². The van der Waals surface area contributed by atoms with Gasteiger partial charge >= 0.3 is 11.6 Å². The molecular weight excluding hydrogens is 626 g/mol. The number of carbonyl (C=O) groups excluding carboxylic acids is 2. The molecule has 0 spiro atoms. The molecule has 0 fully saturated rings.